The number of nitrogens with zero attached hydrogens (tertiary/aromatic N) is 1. The van der Waals surface area contributed by atoms with Crippen molar-refractivity contribution in [3.8, 4) is 5.75 Å². The predicted octanol–water partition coefficient (Wildman–Crippen LogP) is 5.68. The van der Waals surface area contributed by atoms with Gasteiger partial charge < -0.3 is 4.74 Å². The highest BCUT2D eigenvalue weighted by atomic mass is 32.2. The Morgan fingerprint density at radius 3 is 2.27 bits per heavy atom. The molecule has 0 atom stereocenters. The molecule has 2 aromatic carbocycles. The van der Waals surface area contributed by atoms with Crippen LogP contribution in [0.3, 0.4) is 0 Å². The van der Waals surface area contributed by atoms with Crippen molar-refractivity contribution >= 4 is 29.1 Å². The zero-order valence-electron chi connectivity index (χ0n) is 17.7. The van der Waals surface area contributed by atoms with Gasteiger partial charge in [0.05, 0.1) is 17.1 Å². The number of unbranched alkanes of at least 4 members (excludes halogenated alkanes) is 3. The Bertz CT molecular complexity index is 890. The summed E-state index contributed by atoms with van der Waals surface area (Å²) in [7, 11) is 0. The zero-order chi connectivity index (χ0) is 21.3. The van der Waals surface area contributed by atoms with Crippen LogP contribution in [0.15, 0.2) is 59.5 Å². The Morgan fingerprint density at radius 1 is 0.867 bits per heavy atom. The lowest BCUT2D eigenvalue weighted by Crippen LogP contribution is -2.32. The van der Waals surface area contributed by atoms with Gasteiger partial charge in [-0.05, 0) is 36.6 Å². The average molecular weight is 424 g/mol. The Labute approximate surface area is 183 Å². The Balaban J connectivity index is 1.85. The van der Waals surface area contributed by atoms with Crippen molar-refractivity contribution in [3.63, 3.8) is 0 Å². The maximum atomic E-state index is 13.2. The van der Waals surface area contributed by atoms with Crippen LogP contribution in [0.5, 0.6) is 5.75 Å². The highest BCUT2D eigenvalue weighted by molar-refractivity contribution is 8.03. The van der Waals surface area contributed by atoms with Gasteiger partial charge >= 0.3 is 0 Å². The molecule has 2 aromatic rings. The minimum absolute atomic E-state index is 0.165. The van der Waals surface area contributed by atoms with Crippen LogP contribution in [0.1, 0.15) is 50.7 Å². The highest BCUT2D eigenvalue weighted by Gasteiger charge is 2.38. The average Bonchev–Trinajstić information content (AvgIpc) is 3.00. The molecule has 0 aromatic heterocycles. The van der Waals surface area contributed by atoms with Gasteiger partial charge in [-0.15, -0.1) is 11.8 Å². The van der Waals surface area contributed by atoms with Crippen LogP contribution in [0.25, 0.3) is 5.57 Å². The molecule has 0 bridgehead atoms. The minimum atomic E-state index is -0.184. The van der Waals surface area contributed by atoms with Gasteiger partial charge in [0.1, 0.15) is 5.75 Å². The smallest absolute Gasteiger partial charge is 0.267 e. The SMILES string of the molecule is CCCCCCN1C(=O)C(SCc2ccccc2)=C(c2ccc(OCC)cc2)C1=O. The van der Waals surface area contributed by atoms with Gasteiger partial charge in [-0.1, -0.05) is 68.7 Å². The number of amides is 2. The zero-order valence-corrected chi connectivity index (χ0v) is 18.5. The van der Waals surface area contributed by atoms with Crippen LogP contribution in [0, 0.1) is 0 Å². The molecule has 0 aliphatic carbocycles. The number of hydrogen-bond donors (Lipinski definition) is 0. The number of ether oxygens (including phenoxy) is 1. The summed E-state index contributed by atoms with van der Waals surface area (Å²) in [5.74, 6) is 1.06. The largest absolute Gasteiger partial charge is 0.494 e. The molecule has 3 rings (SSSR count). The van der Waals surface area contributed by atoms with E-state index in [2.05, 4.69) is 6.92 Å². The molecule has 1 aliphatic heterocycles. The maximum absolute atomic E-state index is 13.2. The molecular formula is C25H29NO3S. The molecule has 0 unspecified atom stereocenters. The second-order valence-corrected chi connectivity index (χ2v) is 8.24. The number of carbonyl (C=O) groups excluding carboxylic acids is 2. The van der Waals surface area contributed by atoms with E-state index in [4.69, 9.17) is 4.74 Å². The normalized spacial score (nSPS) is 14.0. The second-order valence-electron chi connectivity index (χ2n) is 7.26. The fourth-order valence-electron chi connectivity index (χ4n) is 3.46. The third-order valence-corrected chi connectivity index (χ3v) is 6.19. The second kappa shape index (κ2) is 11.0. The van der Waals surface area contributed by atoms with E-state index in [1.54, 1.807) is 0 Å². The summed E-state index contributed by atoms with van der Waals surface area (Å²) in [6.45, 7) is 5.15. The van der Waals surface area contributed by atoms with E-state index in [-0.39, 0.29) is 11.8 Å². The third kappa shape index (κ3) is 5.33. The lowest BCUT2D eigenvalue weighted by molar-refractivity contribution is -0.136. The minimum Gasteiger partial charge on any atom is -0.494 e. The first-order chi connectivity index (χ1) is 14.7. The summed E-state index contributed by atoms with van der Waals surface area (Å²) in [6.07, 6.45) is 4.11. The number of imide groups is 1. The summed E-state index contributed by atoms with van der Waals surface area (Å²) in [4.78, 5) is 28.3. The summed E-state index contributed by atoms with van der Waals surface area (Å²) in [5, 5.41) is 0. The molecule has 1 heterocycles. The van der Waals surface area contributed by atoms with Gasteiger partial charge in [-0.3, -0.25) is 14.5 Å². The fraction of sp³-hybridized carbons (Fsp3) is 0.360. The lowest BCUT2D eigenvalue weighted by Gasteiger charge is -2.15. The molecule has 5 heteroatoms. The molecule has 0 spiro atoms. The Hall–Kier alpha value is -2.53. The molecule has 0 radical (unpaired) electrons. The molecule has 30 heavy (non-hydrogen) atoms. The first-order valence-corrected chi connectivity index (χ1v) is 11.6. The molecule has 0 N–H and O–H groups in total. The molecule has 0 saturated carbocycles. The van der Waals surface area contributed by atoms with Gasteiger partial charge in [0.2, 0.25) is 0 Å². The van der Waals surface area contributed by atoms with Gasteiger partial charge in [0, 0.05) is 12.3 Å². The quantitative estimate of drug-likeness (QED) is 0.345. The van der Waals surface area contributed by atoms with E-state index in [9.17, 15) is 9.59 Å². The molecule has 0 saturated heterocycles. The van der Waals surface area contributed by atoms with Crippen molar-refractivity contribution in [1.82, 2.24) is 4.90 Å². The van der Waals surface area contributed by atoms with Crippen molar-refractivity contribution in [2.24, 2.45) is 0 Å². The number of hydrogen-bond acceptors (Lipinski definition) is 4. The van der Waals surface area contributed by atoms with E-state index < -0.39 is 0 Å². The number of benzene rings is 2. The van der Waals surface area contributed by atoms with Crippen LogP contribution < -0.4 is 4.74 Å². The van der Waals surface area contributed by atoms with Gasteiger partial charge in [0.25, 0.3) is 11.8 Å². The van der Waals surface area contributed by atoms with Crippen molar-refractivity contribution in [2.75, 3.05) is 13.2 Å². The van der Waals surface area contributed by atoms with Crippen LogP contribution in [-0.2, 0) is 15.3 Å². The van der Waals surface area contributed by atoms with Crippen LogP contribution >= 0.6 is 11.8 Å². The summed E-state index contributed by atoms with van der Waals surface area (Å²) in [6, 6.07) is 17.5. The summed E-state index contributed by atoms with van der Waals surface area (Å²) < 4.78 is 5.52. The topological polar surface area (TPSA) is 46.6 Å². The summed E-state index contributed by atoms with van der Waals surface area (Å²) in [5.41, 5.74) is 2.41. The van der Waals surface area contributed by atoms with Crippen molar-refractivity contribution in [2.45, 2.75) is 45.3 Å². The predicted molar refractivity (Wildman–Crippen MR) is 123 cm³/mol. The lowest BCUT2D eigenvalue weighted by atomic mass is 10.1. The van der Waals surface area contributed by atoms with E-state index in [1.807, 2.05) is 61.5 Å². The van der Waals surface area contributed by atoms with Crippen LogP contribution in [-0.4, -0.2) is 29.9 Å². The molecule has 1 aliphatic rings. The number of thioether (sulfide) groups is 1. The first kappa shape index (κ1) is 22.2. The first-order valence-electron chi connectivity index (χ1n) is 10.7. The van der Waals surface area contributed by atoms with E-state index in [0.717, 1.165) is 42.6 Å². The van der Waals surface area contributed by atoms with E-state index in [0.29, 0.717) is 29.4 Å². The molecular weight excluding hydrogens is 394 g/mol. The van der Waals surface area contributed by atoms with Gasteiger partial charge in [-0.25, -0.2) is 0 Å². The monoisotopic (exact) mass is 423 g/mol. The van der Waals surface area contributed by atoms with E-state index in [1.165, 1.54) is 16.7 Å². The van der Waals surface area contributed by atoms with Gasteiger partial charge in [0.15, 0.2) is 0 Å². The van der Waals surface area contributed by atoms with Crippen molar-refractivity contribution in [1.29, 1.82) is 0 Å². The molecule has 158 valence electrons. The van der Waals surface area contributed by atoms with Crippen LogP contribution in [0.4, 0.5) is 0 Å². The Kier molecular flexibility index (Phi) is 8.14. The molecule has 2 amide bonds. The number of carbonyl (C=O) groups is 2. The third-order valence-electron chi connectivity index (χ3n) is 5.04. The maximum Gasteiger partial charge on any atom is 0.267 e. The van der Waals surface area contributed by atoms with Crippen molar-refractivity contribution < 1.29 is 14.3 Å². The standard InChI is InChI=1S/C25H29NO3S/c1-3-5-6-10-17-26-24(27)22(20-13-15-21(16-14-20)29-4-2)23(25(26)28)30-18-19-11-8-7-9-12-19/h7-9,11-16H,3-6,10,17-18H2,1-2H3. The highest BCUT2D eigenvalue weighted by Crippen LogP contribution is 2.38. The fourth-order valence-corrected chi connectivity index (χ4v) is 4.54. The molecule has 0 fully saturated rings. The van der Waals surface area contributed by atoms with Crippen molar-refractivity contribution in [3.05, 3.63) is 70.6 Å². The van der Waals surface area contributed by atoms with Gasteiger partial charge in [-0.2, -0.15) is 0 Å². The van der Waals surface area contributed by atoms with Crippen LogP contribution in [0.2, 0.25) is 0 Å². The number of rotatable bonds is 11. The Morgan fingerprint density at radius 2 is 1.60 bits per heavy atom. The summed E-state index contributed by atoms with van der Waals surface area (Å²) >= 11 is 1.45. The molecule has 4 nitrogen and oxygen atoms in total. The van der Waals surface area contributed by atoms with E-state index >= 15 is 0 Å².